The number of benzene rings is 1. The van der Waals surface area contributed by atoms with E-state index in [-0.39, 0.29) is 12.0 Å². The molecule has 0 spiro atoms. The molecular weight excluding hydrogens is 246 g/mol. The van der Waals surface area contributed by atoms with Gasteiger partial charge in [0.2, 0.25) is 0 Å². The number of halogens is 1. The number of methoxy groups -OCH3 is 1. The number of carbonyl (C=O) groups is 2. The van der Waals surface area contributed by atoms with Gasteiger partial charge in [-0.25, -0.2) is 4.79 Å². The average molecular weight is 258 g/mol. The minimum Gasteiger partial charge on any atom is -0.478 e. The topological polar surface area (TPSA) is 89.6 Å². The van der Waals surface area contributed by atoms with E-state index in [0.29, 0.717) is 10.6 Å². The number of esters is 1. The van der Waals surface area contributed by atoms with Gasteiger partial charge in [0.1, 0.15) is 6.04 Å². The molecule has 0 saturated heterocycles. The van der Waals surface area contributed by atoms with Crippen LogP contribution in [0.15, 0.2) is 18.2 Å². The summed E-state index contributed by atoms with van der Waals surface area (Å²) >= 11 is 5.89. The Bertz CT molecular complexity index is 447. The molecule has 0 aromatic heterocycles. The SMILES string of the molecule is COC(=O)[C@@H](N)Cc1cc(C(=O)O)ccc1Cl. The highest BCUT2D eigenvalue weighted by molar-refractivity contribution is 6.31. The number of ether oxygens (including phenoxy) is 1. The second-order valence-electron chi connectivity index (χ2n) is 3.45. The van der Waals surface area contributed by atoms with Gasteiger partial charge < -0.3 is 15.6 Å². The molecule has 0 unspecified atom stereocenters. The van der Waals surface area contributed by atoms with Crippen molar-refractivity contribution < 1.29 is 19.4 Å². The number of rotatable bonds is 4. The zero-order chi connectivity index (χ0) is 13.0. The predicted octanol–water partition coefficient (Wildman–Crippen LogP) is 1.08. The van der Waals surface area contributed by atoms with Crippen molar-refractivity contribution in [3.63, 3.8) is 0 Å². The summed E-state index contributed by atoms with van der Waals surface area (Å²) in [6.07, 6.45) is 0.132. The number of nitrogens with two attached hydrogens (primary N) is 1. The summed E-state index contributed by atoms with van der Waals surface area (Å²) in [4.78, 5) is 21.9. The minimum atomic E-state index is -1.06. The Labute approximate surface area is 103 Å². The van der Waals surface area contributed by atoms with Gasteiger partial charge in [-0.1, -0.05) is 11.6 Å². The lowest BCUT2D eigenvalue weighted by atomic mass is 10.0. The largest absolute Gasteiger partial charge is 0.478 e. The first kappa shape index (κ1) is 13.5. The lowest BCUT2D eigenvalue weighted by molar-refractivity contribution is -0.142. The summed E-state index contributed by atoms with van der Waals surface area (Å²) in [5.41, 5.74) is 6.18. The van der Waals surface area contributed by atoms with Crippen molar-refractivity contribution >= 4 is 23.5 Å². The molecule has 6 heteroatoms. The van der Waals surface area contributed by atoms with Crippen molar-refractivity contribution in [1.82, 2.24) is 0 Å². The third-order valence-electron chi connectivity index (χ3n) is 2.24. The molecule has 0 saturated carbocycles. The molecule has 1 aromatic carbocycles. The third-order valence-corrected chi connectivity index (χ3v) is 2.61. The number of carboxylic acid groups (broad SMARTS) is 1. The van der Waals surface area contributed by atoms with Crippen LogP contribution in [-0.4, -0.2) is 30.2 Å². The van der Waals surface area contributed by atoms with Crippen molar-refractivity contribution in [2.75, 3.05) is 7.11 Å². The average Bonchev–Trinajstić information content (AvgIpc) is 2.30. The molecule has 1 rings (SSSR count). The van der Waals surface area contributed by atoms with Gasteiger partial charge in [0.25, 0.3) is 0 Å². The Kier molecular flexibility index (Phi) is 4.48. The molecule has 0 aliphatic heterocycles. The van der Waals surface area contributed by atoms with Crippen molar-refractivity contribution in [2.24, 2.45) is 5.73 Å². The smallest absolute Gasteiger partial charge is 0.335 e. The van der Waals surface area contributed by atoms with Gasteiger partial charge in [0.05, 0.1) is 12.7 Å². The van der Waals surface area contributed by atoms with Gasteiger partial charge in [-0.15, -0.1) is 0 Å². The normalized spacial score (nSPS) is 11.9. The monoisotopic (exact) mass is 257 g/mol. The highest BCUT2D eigenvalue weighted by Crippen LogP contribution is 2.19. The van der Waals surface area contributed by atoms with Crippen LogP contribution < -0.4 is 5.73 Å². The molecule has 5 nitrogen and oxygen atoms in total. The Balaban J connectivity index is 2.93. The van der Waals surface area contributed by atoms with Gasteiger partial charge in [-0.2, -0.15) is 0 Å². The summed E-state index contributed by atoms with van der Waals surface area (Å²) in [6, 6.07) is 3.39. The van der Waals surface area contributed by atoms with E-state index in [0.717, 1.165) is 0 Å². The quantitative estimate of drug-likeness (QED) is 0.788. The van der Waals surface area contributed by atoms with Gasteiger partial charge in [-0.3, -0.25) is 4.79 Å². The number of hydrogen-bond donors (Lipinski definition) is 2. The van der Waals surface area contributed by atoms with Gasteiger partial charge in [0, 0.05) is 5.02 Å². The molecule has 0 aliphatic carbocycles. The van der Waals surface area contributed by atoms with Crippen molar-refractivity contribution in [1.29, 1.82) is 0 Å². The van der Waals surface area contributed by atoms with E-state index < -0.39 is 18.0 Å². The van der Waals surface area contributed by atoms with Crippen LogP contribution in [0.25, 0.3) is 0 Å². The first-order chi connectivity index (χ1) is 7.95. The fraction of sp³-hybridized carbons (Fsp3) is 0.273. The lowest BCUT2D eigenvalue weighted by Gasteiger charge is -2.11. The first-order valence-electron chi connectivity index (χ1n) is 4.81. The standard InChI is InChI=1S/C11H12ClNO4/c1-17-11(16)9(13)5-7-4-6(10(14)15)2-3-8(7)12/h2-4,9H,5,13H2,1H3,(H,14,15)/t9-/m0/s1. The molecule has 0 amide bonds. The fourth-order valence-corrected chi connectivity index (χ4v) is 1.53. The molecule has 0 aliphatic rings. The Morgan fingerprint density at radius 1 is 1.53 bits per heavy atom. The van der Waals surface area contributed by atoms with E-state index in [1.54, 1.807) is 0 Å². The summed E-state index contributed by atoms with van der Waals surface area (Å²) in [5.74, 6) is -1.63. The van der Waals surface area contributed by atoms with E-state index in [4.69, 9.17) is 22.4 Å². The molecule has 1 atom stereocenters. The van der Waals surface area contributed by atoms with Crippen LogP contribution in [0.1, 0.15) is 15.9 Å². The maximum Gasteiger partial charge on any atom is 0.335 e. The second kappa shape index (κ2) is 5.65. The zero-order valence-electron chi connectivity index (χ0n) is 9.14. The molecule has 0 fully saturated rings. The second-order valence-corrected chi connectivity index (χ2v) is 3.85. The highest BCUT2D eigenvalue weighted by Gasteiger charge is 2.17. The minimum absolute atomic E-state index is 0.0986. The summed E-state index contributed by atoms with van der Waals surface area (Å²) in [7, 11) is 1.23. The lowest BCUT2D eigenvalue weighted by Crippen LogP contribution is -2.33. The van der Waals surface area contributed by atoms with Crippen molar-refractivity contribution in [3.05, 3.63) is 34.3 Å². The van der Waals surface area contributed by atoms with E-state index in [1.807, 2.05) is 0 Å². The molecule has 0 radical (unpaired) electrons. The first-order valence-corrected chi connectivity index (χ1v) is 5.18. The van der Waals surface area contributed by atoms with E-state index in [2.05, 4.69) is 4.74 Å². The Hall–Kier alpha value is -1.59. The van der Waals surface area contributed by atoms with Gasteiger partial charge >= 0.3 is 11.9 Å². The molecule has 3 N–H and O–H groups in total. The van der Waals surface area contributed by atoms with E-state index in [9.17, 15) is 9.59 Å². The number of carboxylic acids is 1. The molecule has 17 heavy (non-hydrogen) atoms. The van der Waals surface area contributed by atoms with Gasteiger partial charge in [-0.05, 0) is 30.2 Å². The highest BCUT2D eigenvalue weighted by atomic mass is 35.5. The fourth-order valence-electron chi connectivity index (χ4n) is 1.34. The number of aromatic carboxylic acids is 1. The molecule has 92 valence electrons. The molecule has 1 aromatic rings. The Morgan fingerprint density at radius 2 is 2.18 bits per heavy atom. The number of carbonyl (C=O) groups excluding carboxylic acids is 1. The van der Waals surface area contributed by atoms with Crippen LogP contribution in [0.3, 0.4) is 0 Å². The summed E-state index contributed by atoms with van der Waals surface area (Å²) in [5, 5.41) is 9.19. The molecule has 0 bridgehead atoms. The summed E-state index contributed by atoms with van der Waals surface area (Å²) in [6.45, 7) is 0. The van der Waals surface area contributed by atoms with Crippen LogP contribution in [0, 0.1) is 0 Å². The van der Waals surface area contributed by atoms with Crippen LogP contribution in [0.4, 0.5) is 0 Å². The summed E-state index contributed by atoms with van der Waals surface area (Å²) < 4.78 is 4.48. The van der Waals surface area contributed by atoms with Crippen molar-refractivity contribution in [2.45, 2.75) is 12.5 Å². The van der Waals surface area contributed by atoms with Crippen LogP contribution in [0.5, 0.6) is 0 Å². The molecular formula is C11H12ClNO4. The Morgan fingerprint density at radius 3 is 2.71 bits per heavy atom. The van der Waals surface area contributed by atoms with Crippen LogP contribution >= 0.6 is 11.6 Å². The zero-order valence-corrected chi connectivity index (χ0v) is 9.90. The van der Waals surface area contributed by atoms with Crippen LogP contribution in [0.2, 0.25) is 5.02 Å². The predicted molar refractivity (Wildman–Crippen MR) is 62.1 cm³/mol. The maximum absolute atomic E-state index is 11.1. The van der Waals surface area contributed by atoms with E-state index in [1.165, 1.54) is 25.3 Å². The third kappa shape index (κ3) is 3.44. The molecule has 0 heterocycles. The maximum atomic E-state index is 11.1. The van der Waals surface area contributed by atoms with Crippen molar-refractivity contribution in [3.8, 4) is 0 Å². The van der Waals surface area contributed by atoms with Crippen LogP contribution in [-0.2, 0) is 16.0 Å². The number of hydrogen-bond acceptors (Lipinski definition) is 4. The van der Waals surface area contributed by atoms with E-state index >= 15 is 0 Å². The van der Waals surface area contributed by atoms with Gasteiger partial charge in [0.15, 0.2) is 0 Å².